The van der Waals surface area contributed by atoms with Crippen LogP contribution in [0.15, 0.2) is 46.0 Å². The van der Waals surface area contributed by atoms with Crippen molar-refractivity contribution in [2.24, 2.45) is 5.11 Å². The van der Waals surface area contributed by atoms with Gasteiger partial charge in [-0.2, -0.15) is 0 Å². The summed E-state index contributed by atoms with van der Waals surface area (Å²) in [5.74, 6) is -1.48. The monoisotopic (exact) mass is 322 g/mol. The van der Waals surface area contributed by atoms with Crippen LogP contribution in [0, 0.1) is 0 Å². The molecule has 3 amide bonds. The van der Waals surface area contributed by atoms with E-state index in [1.165, 1.54) is 0 Å². The van der Waals surface area contributed by atoms with Crippen LogP contribution < -0.4 is 5.32 Å². The first-order chi connectivity index (χ1) is 9.04. The highest BCUT2D eigenvalue weighted by atomic mass is 79.9. The standard InChI is InChI=1S/C12H8BrN3O3/c13-8-1-3-9(4-2-8)14-11(18)7-16-12(19)6-5-10(17)15-16/h1-6H,7H2/p+1. The Hall–Kier alpha value is -2.15. The van der Waals surface area contributed by atoms with Crippen LogP contribution in [0.5, 0.6) is 0 Å². The summed E-state index contributed by atoms with van der Waals surface area (Å²) in [7, 11) is 0. The molecule has 19 heavy (non-hydrogen) atoms. The number of hydrogen-bond acceptors (Lipinski definition) is 3. The lowest BCUT2D eigenvalue weighted by Crippen LogP contribution is -2.31. The molecule has 0 fully saturated rings. The zero-order valence-corrected chi connectivity index (χ0v) is 11.3. The minimum absolute atomic E-state index is 0.301. The average Bonchev–Trinajstić information content (AvgIpc) is 2.37. The molecule has 0 radical (unpaired) electrons. The van der Waals surface area contributed by atoms with Gasteiger partial charge in [0.05, 0.1) is 6.08 Å². The van der Waals surface area contributed by atoms with Crippen molar-refractivity contribution < 1.29 is 19.1 Å². The molecule has 1 aromatic rings. The van der Waals surface area contributed by atoms with Gasteiger partial charge in [-0.25, -0.2) is 4.79 Å². The maximum Gasteiger partial charge on any atom is 0.437 e. The summed E-state index contributed by atoms with van der Waals surface area (Å²) in [6.07, 6.45) is 2.15. The quantitative estimate of drug-likeness (QED) is 0.856. The Kier molecular flexibility index (Phi) is 3.96. The number of hydrogen-bond donors (Lipinski definition) is 1. The number of azo groups is 2. The lowest BCUT2D eigenvalue weighted by Gasteiger charge is -2.03. The molecule has 6 nitrogen and oxygen atoms in total. The first-order valence-electron chi connectivity index (χ1n) is 5.35. The number of anilines is 1. The molecule has 0 saturated heterocycles. The zero-order chi connectivity index (χ0) is 13.8. The van der Waals surface area contributed by atoms with Gasteiger partial charge in [0.1, 0.15) is 0 Å². The van der Waals surface area contributed by atoms with Gasteiger partial charge in [0.25, 0.3) is 12.5 Å². The number of amides is 3. The second-order valence-corrected chi connectivity index (χ2v) is 4.64. The molecule has 1 aliphatic heterocycles. The topological polar surface area (TPSA) is 78.6 Å². The molecule has 0 aromatic heterocycles. The molecule has 0 atom stereocenters. The average molecular weight is 323 g/mol. The molecule has 0 aliphatic carbocycles. The van der Waals surface area contributed by atoms with E-state index >= 15 is 0 Å². The molecule has 2 rings (SSSR count). The maximum absolute atomic E-state index is 11.7. The number of nitrogens with zero attached hydrogens (tertiary/aromatic N) is 2. The van der Waals surface area contributed by atoms with E-state index in [4.69, 9.17) is 0 Å². The summed E-state index contributed by atoms with van der Waals surface area (Å²) in [4.78, 5) is 34.1. The van der Waals surface area contributed by atoms with Crippen molar-refractivity contribution in [3.63, 3.8) is 0 Å². The number of nitrogens with one attached hydrogen (secondary N) is 1. The van der Waals surface area contributed by atoms with Crippen molar-refractivity contribution in [1.29, 1.82) is 0 Å². The van der Waals surface area contributed by atoms with E-state index in [0.717, 1.165) is 21.3 Å². The molecule has 0 spiro atoms. The fraction of sp³-hybridized carbons (Fsp3) is 0.0833. The van der Waals surface area contributed by atoms with Crippen molar-refractivity contribution in [2.45, 2.75) is 0 Å². The van der Waals surface area contributed by atoms with Gasteiger partial charge in [-0.05, 0) is 29.0 Å². The maximum atomic E-state index is 11.7. The van der Waals surface area contributed by atoms with Gasteiger partial charge in [0.15, 0.2) is 0 Å². The molecule has 1 aromatic carbocycles. The molecule has 7 heteroatoms. The summed E-state index contributed by atoms with van der Waals surface area (Å²) in [6.45, 7) is -0.301. The highest BCUT2D eigenvalue weighted by molar-refractivity contribution is 9.10. The van der Waals surface area contributed by atoms with E-state index in [-0.39, 0.29) is 6.54 Å². The summed E-state index contributed by atoms with van der Waals surface area (Å²) in [5.41, 5.74) is 0.597. The van der Waals surface area contributed by atoms with E-state index in [1.807, 2.05) is 0 Å². The van der Waals surface area contributed by atoms with Crippen LogP contribution in [0.4, 0.5) is 5.69 Å². The van der Waals surface area contributed by atoms with Gasteiger partial charge in [0.2, 0.25) is 0 Å². The second-order valence-electron chi connectivity index (χ2n) is 3.72. The molecule has 0 bridgehead atoms. The minimum Gasteiger partial charge on any atom is -0.321 e. The Bertz CT molecular complexity index is 605. The van der Waals surface area contributed by atoms with Crippen LogP contribution in [0.3, 0.4) is 0 Å². The molecule has 1 aliphatic rings. The number of carbonyl (C=O) groups is 3. The number of carbonyl (C=O) groups excluding carboxylic acids is 3. The minimum atomic E-state index is -0.559. The predicted molar refractivity (Wildman–Crippen MR) is 69.5 cm³/mol. The zero-order valence-electron chi connectivity index (χ0n) is 9.67. The molecular weight excluding hydrogens is 314 g/mol. The Morgan fingerprint density at radius 1 is 1.21 bits per heavy atom. The SMILES string of the molecule is O=C1C=CC(=O)[N+](CC(=O)Nc2ccc(Br)cc2)=N1. The molecule has 96 valence electrons. The van der Waals surface area contributed by atoms with Crippen molar-refractivity contribution in [2.75, 3.05) is 11.9 Å². The lowest BCUT2D eigenvalue weighted by molar-refractivity contribution is -0.495. The summed E-state index contributed by atoms with van der Waals surface area (Å²) < 4.78 is 1.72. The van der Waals surface area contributed by atoms with Crippen LogP contribution in [-0.4, -0.2) is 29.0 Å². The molecule has 0 unspecified atom stereocenters. The first-order valence-corrected chi connectivity index (χ1v) is 6.14. The van der Waals surface area contributed by atoms with Crippen molar-refractivity contribution in [3.8, 4) is 0 Å². The smallest absolute Gasteiger partial charge is 0.321 e. The Morgan fingerprint density at radius 2 is 1.89 bits per heavy atom. The third kappa shape index (κ3) is 3.65. The van der Waals surface area contributed by atoms with Crippen LogP contribution in [0.1, 0.15) is 0 Å². The molecule has 1 heterocycles. The third-order valence-electron chi connectivity index (χ3n) is 2.26. The highest BCUT2D eigenvalue weighted by Crippen LogP contribution is 2.13. The molecule has 1 N–H and O–H groups in total. The van der Waals surface area contributed by atoms with E-state index in [1.54, 1.807) is 24.3 Å². The first kappa shape index (κ1) is 13.3. The van der Waals surface area contributed by atoms with Crippen LogP contribution >= 0.6 is 15.9 Å². The summed E-state index contributed by atoms with van der Waals surface area (Å²) in [5, 5.41) is 6.05. The largest absolute Gasteiger partial charge is 0.437 e. The molecular formula is C12H9BrN3O3+. The normalized spacial score (nSPS) is 14.3. The summed E-state index contributed by atoms with van der Waals surface area (Å²) >= 11 is 3.28. The van der Waals surface area contributed by atoms with E-state index < -0.39 is 17.7 Å². The Balaban J connectivity index is 2.00. The fourth-order valence-electron chi connectivity index (χ4n) is 1.41. The number of benzene rings is 1. The Labute approximate surface area is 116 Å². The van der Waals surface area contributed by atoms with Crippen LogP contribution in [0.2, 0.25) is 0 Å². The van der Waals surface area contributed by atoms with E-state index in [2.05, 4.69) is 26.4 Å². The molecule has 0 saturated carbocycles. The van der Waals surface area contributed by atoms with E-state index in [0.29, 0.717) is 5.69 Å². The third-order valence-corrected chi connectivity index (χ3v) is 2.79. The van der Waals surface area contributed by atoms with Crippen LogP contribution in [-0.2, 0) is 14.4 Å². The van der Waals surface area contributed by atoms with Gasteiger partial charge in [-0.1, -0.05) is 15.9 Å². The predicted octanol–water partition coefficient (Wildman–Crippen LogP) is 1.48. The van der Waals surface area contributed by atoms with Crippen molar-refractivity contribution in [3.05, 3.63) is 40.9 Å². The second kappa shape index (κ2) is 5.66. The highest BCUT2D eigenvalue weighted by Gasteiger charge is 2.26. The van der Waals surface area contributed by atoms with Crippen LogP contribution in [0.25, 0.3) is 0 Å². The summed E-state index contributed by atoms with van der Waals surface area (Å²) in [6, 6.07) is 6.97. The van der Waals surface area contributed by atoms with Gasteiger partial charge in [0, 0.05) is 21.4 Å². The van der Waals surface area contributed by atoms with E-state index in [9.17, 15) is 14.4 Å². The van der Waals surface area contributed by atoms with Gasteiger partial charge >= 0.3 is 11.8 Å². The lowest BCUT2D eigenvalue weighted by atomic mass is 10.3. The van der Waals surface area contributed by atoms with Gasteiger partial charge in [-0.3, -0.25) is 9.59 Å². The Morgan fingerprint density at radius 3 is 2.58 bits per heavy atom. The number of rotatable bonds is 3. The number of halogens is 1. The van der Waals surface area contributed by atoms with Crippen molar-refractivity contribution >= 4 is 39.3 Å². The van der Waals surface area contributed by atoms with Crippen molar-refractivity contribution in [1.82, 2.24) is 0 Å². The van der Waals surface area contributed by atoms with Gasteiger partial charge < -0.3 is 5.32 Å². The van der Waals surface area contributed by atoms with Gasteiger partial charge in [-0.15, -0.1) is 0 Å². The fourth-order valence-corrected chi connectivity index (χ4v) is 1.68.